The van der Waals surface area contributed by atoms with Gasteiger partial charge in [-0.15, -0.1) is 0 Å². The molecule has 16 heavy (non-hydrogen) atoms. The van der Waals surface area contributed by atoms with E-state index in [0.717, 1.165) is 6.42 Å². The minimum absolute atomic E-state index is 0.0987. The summed E-state index contributed by atoms with van der Waals surface area (Å²) in [5, 5.41) is 18.3. The van der Waals surface area contributed by atoms with Crippen molar-refractivity contribution in [2.24, 2.45) is 0 Å². The minimum atomic E-state index is -1.09. The van der Waals surface area contributed by atoms with Crippen LogP contribution < -0.4 is 0 Å². The maximum Gasteiger partial charge on any atom is 0.166 e. The first kappa shape index (κ1) is 12.4. The summed E-state index contributed by atoms with van der Waals surface area (Å²) < 4.78 is 26.7. The summed E-state index contributed by atoms with van der Waals surface area (Å²) in [5.41, 5.74) is -0.324. The van der Waals surface area contributed by atoms with E-state index in [1.165, 1.54) is 0 Å². The third-order valence-electron chi connectivity index (χ3n) is 2.56. The highest BCUT2D eigenvalue weighted by atomic mass is 19.2. The van der Waals surface area contributed by atoms with Crippen LogP contribution in [0.25, 0.3) is 0 Å². The molecule has 1 rings (SSSR count). The zero-order valence-corrected chi connectivity index (χ0v) is 9.22. The molecule has 1 atom stereocenters. The second-order valence-electron chi connectivity index (χ2n) is 3.78. The molecule has 4 heteroatoms. The van der Waals surface area contributed by atoms with Crippen LogP contribution in [0, 0.1) is 23.0 Å². The van der Waals surface area contributed by atoms with Crippen LogP contribution in [-0.4, -0.2) is 5.11 Å². The first-order chi connectivity index (χ1) is 7.52. The Hall–Kier alpha value is -1.63. The molecular weight excluding hydrogens is 212 g/mol. The molecule has 1 N–H and O–H groups in total. The quantitative estimate of drug-likeness (QED) is 0.856. The predicted octanol–water partition coefficient (Wildman–Crippen LogP) is 3.45. The fourth-order valence-corrected chi connectivity index (χ4v) is 1.75. The maximum absolute atomic E-state index is 13.5. The first-order valence-corrected chi connectivity index (χ1v) is 5.13. The third kappa shape index (κ3) is 2.13. The number of nitriles is 1. The number of hydrogen-bond acceptors (Lipinski definition) is 2. The molecule has 0 spiro atoms. The minimum Gasteiger partial charge on any atom is -0.506 e. The number of phenols is 1. The highest BCUT2D eigenvalue weighted by Crippen LogP contribution is 2.35. The Kier molecular flexibility index (Phi) is 3.83. The molecule has 2 nitrogen and oxygen atoms in total. The van der Waals surface area contributed by atoms with E-state index in [0.29, 0.717) is 12.5 Å². The molecule has 0 aliphatic carbocycles. The third-order valence-corrected chi connectivity index (χ3v) is 2.56. The van der Waals surface area contributed by atoms with E-state index < -0.39 is 17.4 Å². The van der Waals surface area contributed by atoms with Crippen molar-refractivity contribution in [3.05, 3.63) is 28.8 Å². The van der Waals surface area contributed by atoms with Gasteiger partial charge in [-0.3, -0.25) is 0 Å². The van der Waals surface area contributed by atoms with Crippen LogP contribution in [0.2, 0.25) is 0 Å². The number of phenolic OH excluding ortho intramolecular Hbond substituents is 1. The number of aromatic hydroxyl groups is 1. The lowest BCUT2D eigenvalue weighted by Gasteiger charge is -2.14. The van der Waals surface area contributed by atoms with E-state index in [-0.39, 0.29) is 17.0 Å². The summed E-state index contributed by atoms with van der Waals surface area (Å²) in [4.78, 5) is 0. The van der Waals surface area contributed by atoms with E-state index in [2.05, 4.69) is 0 Å². The molecule has 0 fully saturated rings. The average Bonchev–Trinajstić information content (AvgIpc) is 2.24. The maximum atomic E-state index is 13.5. The fourth-order valence-electron chi connectivity index (χ4n) is 1.75. The highest BCUT2D eigenvalue weighted by Gasteiger charge is 2.22. The van der Waals surface area contributed by atoms with Gasteiger partial charge in [0, 0.05) is 5.56 Å². The summed E-state index contributed by atoms with van der Waals surface area (Å²) in [6.45, 7) is 3.61. The van der Waals surface area contributed by atoms with Crippen molar-refractivity contribution in [3.8, 4) is 11.8 Å². The van der Waals surface area contributed by atoms with Gasteiger partial charge in [0.2, 0.25) is 0 Å². The largest absolute Gasteiger partial charge is 0.506 e. The molecule has 0 aromatic heterocycles. The zero-order chi connectivity index (χ0) is 12.3. The molecule has 1 aromatic rings. The molecule has 0 heterocycles. The average molecular weight is 225 g/mol. The Labute approximate surface area is 93.1 Å². The lowest BCUT2D eigenvalue weighted by molar-refractivity contribution is 0.427. The number of hydrogen-bond donors (Lipinski definition) is 1. The Morgan fingerprint density at radius 1 is 1.50 bits per heavy atom. The van der Waals surface area contributed by atoms with Crippen molar-refractivity contribution in [2.45, 2.75) is 32.6 Å². The standard InChI is InChI=1S/C12H13F2NO/c1-3-4-7(2)10-11(14)9(13)5-8(6-15)12(10)16/h5,7,16H,3-4H2,1-2H3. The van der Waals surface area contributed by atoms with E-state index in [9.17, 15) is 13.9 Å². The van der Waals surface area contributed by atoms with Crippen molar-refractivity contribution in [1.82, 2.24) is 0 Å². The van der Waals surface area contributed by atoms with Crippen LogP contribution in [0.3, 0.4) is 0 Å². The van der Waals surface area contributed by atoms with Crippen molar-refractivity contribution < 1.29 is 13.9 Å². The lowest BCUT2D eigenvalue weighted by atomic mass is 9.93. The molecule has 86 valence electrons. The summed E-state index contributed by atoms with van der Waals surface area (Å²) in [6, 6.07) is 2.36. The Bertz CT molecular complexity index is 438. The number of benzene rings is 1. The lowest BCUT2D eigenvalue weighted by Crippen LogP contribution is -2.02. The summed E-state index contributed by atoms with van der Waals surface area (Å²) in [6.07, 6.45) is 1.41. The topological polar surface area (TPSA) is 44.0 Å². The van der Waals surface area contributed by atoms with Gasteiger partial charge in [-0.05, 0) is 18.4 Å². The number of rotatable bonds is 3. The van der Waals surface area contributed by atoms with E-state index in [1.807, 2.05) is 6.92 Å². The smallest absolute Gasteiger partial charge is 0.166 e. The van der Waals surface area contributed by atoms with Crippen molar-refractivity contribution >= 4 is 0 Å². The van der Waals surface area contributed by atoms with Crippen molar-refractivity contribution in [2.75, 3.05) is 0 Å². The van der Waals surface area contributed by atoms with Gasteiger partial charge in [0.05, 0.1) is 5.56 Å². The van der Waals surface area contributed by atoms with Gasteiger partial charge in [-0.25, -0.2) is 8.78 Å². The fraction of sp³-hybridized carbons (Fsp3) is 0.417. The summed E-state index contributed by atoms with van der Waals surface area (Å²) >= 11 is 0. The SMILES string of the molecule is CCCC(C)c1c(O)c(C#N)cc(F)c1F. The van der Waals surface area contributed by atoms with E-state index >= 15 is 0 Å². The van der Waals surface area contributed by atoms with Crippen molar-refractivity contribution in [3.63, 3.8) is 0 Å². The Balaban J connectivity index is 3.36. The van der Waals surface area contributed by atoms with Gasteiger partial charge in [0.25, 0.3) is 0 Å². The summed E-state index contributed by atoms with van der Waals surface area (Å²) in [7, 11) is 0. The van der Waals surface area contributed by atoms with Crippen LogP contribution in [0.15, 0.2) is 6.07 Å². The summed E-state index contributed by atoms with van der Waals surface area (Å²) in [5.74, 6) is -2.90. The zero-order valence-electron chi connectivity index (χ0n) is 9.22. The highest BCUT2D eigenvalue weighted by molar-refractivity contribution is 5.49. The Morgan fingerprint density at radius 3 is 2.62 bits per heavy atom. The van der Waals surface area contributed by atoms with Crippen LogP contribution >= 0.6 is 0 Å². The van der Waals surface area contributed by atoms with Gasteiger partial charge in [0.1, 0.15) is 11.8 Å². The molecule has 0 saturated carbocycles. The van der Waals surface area contributed by atoms with E-state index in [1.54, 1.807) is 13.0 Å². The van der Waals surface area contributed by atoms with Gasteiger partial charge in [-0.2, -0.15) is 5.26 Å². The molecule has 0 amide bonds. The van der Waals surface area contributed by atoms with Crippen LogP contribution in [0.1, 0.15) is 43.7 Å². The van der Waals surface area contributed by atoms with Crippen molar-refractivity contribution in [1.29, 1.82) is 5.26 Å². The van der Waals surface area contributed by atoms with Gasteiger partial charge < -0.3 is 5.11 Å². The number of halogens is 2. The van der Waals surface area contributed by atoms with E-state index in [4.69, 9.17) is 5.26 Å². The molecule has 0 aliphatic heterocycles. The van der Waals surface area contributed by atoms with Gasteiger partial charge in [0.15, 0.2) is 11.6 Å². The predicted molar refractivity (Wildman–Crippen MR) is 56.1 cm³/mol. The van der Waals surface area contributed by atoms with Gasteiger partial charge >= 0.3 is 0 Å². The Morgan fingerprint density at radius 2 is 2.12 bits per heavy atom. The molecule has 0 bridgehead atoms. The molecule has 1 unspecified atom stereocenters. The molecule has 0 radical (unpaired) electrons. The van der Waals surface area contributed by atoms with Gasteiger partial charge in [-0.1, -0.05) is 20.3 Å². The molecule has 0 aliphatic rings. The second kappa shape index (κ2) is 4.93. The normalized spacial score (nSPS) is 12.2. The second-order valence-corrected chi connectivity index (χ2v) is 3.78. The number of nitrogens with zero attached hydrogens (tertiary/aromatic N) is 1. The van der Waals surface area contributed by atoms with Crippen LogP contribution in [0.5, 0.6) is 5.75 Å². The molecule has 1 aromatic carbocycles. The van der Waals surface area contributed by atoms with Crippen LogP contribution in [0.4, 0.5) is 8.78 Å². The monoisotopic (exact) mass is 225 g/mol. The molecule has 0 saturated heterocycles. The molecular formula is C12H13F2NO. The van der Waals surface area contributed by atoms with Crippen LogP contribution in [-0.2, 0) is 0 Å². The first-order valence-electron chi connectivity index (χ1n) is 5.13.